The summed E-state index contributed by atoms with van der Waals surface area (Å²) in [7, 11) is 0. The summed E-state index contributed by atoms with van der Waals surface area (Å²) >= 11 is 0. The van der Waals surface area contributed by atoms with Crippen molar-refractivity contribution in [2.45, 2.75) is 31.7 Å². The first-order chi connectivity index (χ1) is 10.7. The lowest BCUT2D eigenvalue weighted by molar-refractivity contribution is 0.0498. The Morgan fingerprint density at radius 3 is 3.00 bits per heavy atom. The fourth-order valence-corrected chi connectivity index (χ4v) is 2.67. The molecule has 1 heterocycles. The van der Waals surface area contributed by atoms with Gasteiger partial charge in [0.2, 0.25) is 0 Å². The standard InChI is InChI=1S/C16H23FN2O3/c17-12-5-6-15(22-9-3-7-18)14(10-12)16(21)19-8-2-1-4-13(19)11-20/h5-6,10,13,20H,1-4,7-9,11,18H2. The number of piperidine rings is 1. The van der Waals surface area contributed by atoms with Crippen LogP contribution in [0, 0.1) is 5.82 Å². The molecule has 1 unspecified atom stereocenters. The Morgan fingerprint density at radius 1 is 1.45 bits per heavy atom. The molecule has 1 fully saturated rings. The molecule has 3 N–H and O–H groups in total. The number of nitrogens with zero attached hydrogens (tertiary/aromatic N) is 1. The average molecular weight is 310 g/mol. The van der Waals surface area contributed by atoms with E-state index in [1.807, 2.05) is 0 Å². The summed E-state index contributed by atoms with van der Waals surface area (Å²) in [5, 5.41) is 9.44. The van der Waals surface area contributed by atoms with Crippen molar-refractivity contribution in [3.8, 4) is 5.75 Å². The summed E-state index contributed by atoms with van der Waals surface area (Å²) in [6.07, 6.45) is 3.30. The number of amides is 1. The molecule has 1 aliphatic rings. The summed E-state index contributed by atoms with van der Waals surface area (Å²) in [6, 6.07) is 3.73. The minimum Gasteiger partial charge on any atom is -0.493 e. The van der Waals surface area contributed by atoms with Gasteiger partial charge in [-0.25, -0.2) is 4.39 Å². The van der Waals surface area contributed by atoms with Gasteiger partial charge in [0.15, 0.2) is 0 Å². The highest BCUT2D eigenvalue weighted by Crippen LogP contribution is 2.25. The first-order valence-electron chi connectivity index (χ1n) is 7.71. The van der Waals surface area contributed by atoms with E-state index in [-0.39, 0.29) is 24.1 Å². The minimum atomic E-state index is -0.480. The van der Waals surface area contributed by atoms with E-state index < -0.39 is 5.82 Å². The summed E-state index contributed by atoms with van der Waals surface area (Å²) in [5.41, 5.74) is 5.63. The molecule has 0 bridgehead atoms. The smallest absolute Gasteiger partial charge is 0.258 e. The number of halogens is 1. The van der Waals surface area contributed by atoms with Crippen LogP contribution in [0.4, 0.5) is 4.39 Å². The lowest BCUT2D eigenvalue weighted by atomic mass is 10.0. The van der Waals surface area contributed by atoms with E-state index in [4.69, 9.17) is 10.5 Å². The van der Waals surface area contributed by atoms with Gasteiger partial charge in [-0.1, -0.05) is 0 Å². The monoisotopic (exact) mass is 310 g/mol. The normalized spacial score (nSPS) is 18.3. The molecule has 0 aromatic heterocycles. The molecule has 5 nitrogen and oxygen atoms in total. The maximum absolute atomic E-state index is 13.5. The predicted molar refractivity (Wildman–Crippen MR) is 81.3 cm³/mol. The van der Waals surface area contributed by atoms with E-state index in [1.165, 1.54) is 18.2 Å². The van der Waals surface area contributed by atoms with Gasteiger partial charge in [0.25, 0.3) is 5.91 Å². The summed E-state index contributed by atoms with van der Waals surface area (Å²) in [5.74, 6) is -0.407. The van der Waals surface area contributed by atoms with Crippen LogP contribution in [0.2, 0.25) is 0 Å². The maximum Gasteiger partial charge on any atom is 0.258 e. The molecule has 1 aromatic carbocycles. The van der Waals surface area contributed by atoms with Gasteiger partial charge in [-0.05, 0) is 50.4 Å². The zero-order chi connectivity index (χ0) is 15.9. The van der Waals surface area contributed by atoms with Crippen LogP contribution in [0.1, 0.15) is 36.0 Å². The number of ether oxygens (including phenoxy) is 1. The van der Waals surface area contributed by atoms with E-state index in [0.29, 0.717) is 31.9 Å². The van der Waals surface area contributed by atoms with Crippen molar-refractivity contribution >= 4 is 5.91 Å². The molecule has 122 valence electrons. The van der Waals surface area contributed by atoms with Gasteiger partial charge in [-0.3, -0.25) is 4.79 Å². The molecule has 2 rings (SSSR count). The number of rotatable bonds is 6. The number of likely N-dealkylation sites (tertiary alicyclic amines) is 1. The second-order valence-electron chi connectivity index (χ2n) is 5.46. The molecule has 1 aliphatic heterocycles. The van der Waals surface area contributed by atoms with Crippen molar-refractivity contribution in [1.82, 2.24) is 4.90 Å². The summed E-state index contributed by atoms with van der Waals surface area (Å²) in [6.45, 7) is 1.36. The van der Waals surface area contributed by atoms with Crippen molar-refractivity contribution in [2.24, 2.45) is 5.73 Å². The van der Waals surface area contributed by atoms with Crippen molar-refractivity contribution in [1.29, 1.82) is 0 Å². The third kappa shape index (κ3) is 3.96. The van der Waals surface area contributed by atoms with Crippen LogP contribution >= 0.6 is 0 Å². The van der Waals surface area contributed by atoms with Crippen LogP contribution in [0.25, 0.3) is 0 Å². The van der Waals surface area contributed by atoms with Gasteiger partial charge in [0, 0.05) is 6.54 Å². The first kappa shape index (κ1) is 16.7. The van der Waals surface area contributed by atoms with E-state index in [0.717, 1.165) is 19.3 Å². The minimum absolute atomic E-state index is 0.0789. The Labute approximate surface area is 129 Å². The number of carbonyl (C=O) groups is 1. The SMILES string of the molecule is NCCCOc1ccc(F)cc1C(=O)N1CCCCC1CO. The van der Waals surface area contributed by atoms with Crippen LogP contribution in [0.3, 0.4) is 0 Å². The Morgan fingerprint density at radius 2 is 2.27 bits per heavy atom. The second-order valence-corrected chi connectivity index (χ2v) is 5.46. The lowest BCUT2D eigenvalue weighted by Crippen LogP contribution is -2.45. The fourth-order valence-electron chi connectivity index (χ4n) is 2.67. The lowest BCUT2D eigenvalue weighted by Gasteiger charge is -2.35. The van der Waals surface area contributed by atoms with Gasteiger partial charge in [0.1, 0.15) is 11.6 Å². The molecule has 0 radical (unpaired) electrons. The average Bonchev–Trinajstić information content (AvgIpc) is 2.55. The Balaban J connectivity index is 2.21. The molecule has 6 heteroatoms. The number of benzene rings is 1. The van der Waals surface area contributed by atoms with Crippen LogP contribution in [0.5, 0.6) is 5.75 Å². The first-order valence-corrected chi connectivity index (χ1v) is 7.71. The second kappa shape index (κ2) is 8.10. The molecule has 22 heavy (non-hydrogen) atoms. The van der Waals surface area contributed by atoms with Gasteiger partial charge < -0.3 is 20.5 Å². The number of hydrogen-bond acceptors (Lipinski definition) is 4. The molecular weight excluding hydrogens is 287 g/mol. The molecule has 1 aromatic rings. The van der Waals surface area contributed by atoms with E-state index in [1.54, 1.807) is 4.90 Å². The summed E-state index contributed by atoms with van der Waals surface area (Å²) < 4.78 is 19.1. The number of aliphatic hydroxyl groups is 1. The van der Waals surface area contributed by atoms with Crippen LogP contribution in [-0.4, -0.2) is 48.3 Å². The molecule has 1 atom stereocenters. The molecule has 0 aliphatic carbocycles. The zero-order valence-electron chi connectivity index (χ0n) is 12.6. The topological polar surface area (TPSA) is 75.8 Å². The van der Waals surface area contributed by atoms with Crippen molar-refractivity contribution in [3.63, 3.8) is 0 Å². The van der Waals surface area contributed by atoms with Crippen molar-refractivity contribution < 1.29 is 19.0 Å². The molecule has 1 saturated heterocycles. The number of nitrogens with two attached hydrogens (primary N) is 1. The Kier molecular flexibility index (Phi) is 6.15. The highest BCUT2D eigenvalue weighted by Gasteiger charge is 2.28. The van der Waals surface area contributed by atoms with Crippen LogP contribution in [0.15, 0.2) is 18.2 Å². The highest BCUT2D eigenvalue weighted by atomic mass is 19.1. The third-order valence-corrected chi connectivity index (χ3v) is 3.88. The molecular formula is C16H23FN2O3. The number of carbonyl (C=O) groups excluding carboxylic acids is 1. The van der Waals surface area contributed by atoms with Gasteiger partial charge in [0.05, 0.1) is 24.8 Å². The molecule has 1 amide bonds. The van der Waals surface area contributed by atoms with Crippen LogP contribution in [-0.2, 0) is 0 Å². The van der Waals surface area contributed by atoms with E-state index in [2.05, 4.69) is 0 Å². The Bertz CT molecular complexity index is 510. The third-order valence-electron chi connectivity index (χ3n) is 3.88. The fraction of sp³-hybridized carbons (Fsp3) is 0.562. The largest absolute Gasteiger partial charge is 0.493 e. The summed E-state index contributed by atoms with van der Waals surface area (Å²) in [4.78, 5) is 14.3. The molecule has 0 saturated carbocycles. The highest BCUT2D eigenvalue weighted by molar-refractivity contribution is 5.97. The predicted octanol–water partition coefficient (Wildman–Crippen LogP) is 1.54. The van der Waals surface area contributed by atoms with E-state index >= 15 is 0 Å². The quantitative estimate of drug-likeness (QED) is 0.782. The van der Waals surface area contributed by atoms with E-state index in [9.17, 15) is 14.3 Å². The zero-order valence-corrected chi connectivity index (χ0v) is 12.6. The number of aliphatic hydroxyl groups excluding tert-OH is 1. The van der Waals surface area contributed by atoms with Gasteiger partial charge >= 0.3 is 0 Å². The van der Waals surface area contributed by atoms with Crippen molar-refractivity contribution in [2.75, 3.05) is 26.3 Å². The van der Waals surface area contributed by atoms with Crippen LogP contribution < -0.4 is 10.5 Å². The Hall–Kier alpha value is -1.66. The maximum atomic E-state index is 13.5. The number of hydrogen-bond donors (Lipinski definition) is 2. The van der Waals surface area contributed by atoms with Gasteiger partial charge in [-0.2, -0.15) is 0 Å². The molecule has 0 spiro atoms. The van der Waals surface area contributed by atoms with Crippen molar-refractivity contribution in [3.05, 3.63) is 29.6 Å². The van der Waals surface area contributed by atoms with Gasteiger partial charge in [-0.15, -0.1) is 0 Å².